The smallest absolute Gasteiger partial charge is 0.152 e. The van der Waals surface area contributed by atoms with Crippen LogP contribution in [0.5, 0.6) is 0 Å². The number of aliphatic hydroxyl groups excluding tert-OH is 2. The number of nitrogen functional groups attached to an aromatic ring is 2. The van der Waals surface area contributed by atoms with Crippen molar-refractivity contribution < 1.29 is 14.6 Å². The summed E-state index contributed by atoms with van der Waals surface area (Å²) in [6.45, 7) is 0. The van der Waals surface area contributed by atoms with Gasteiger partial charge in [-0.2, -0.15) is 0 Å². The summed E-state index contributed by atoms with van der Waals surface area (Å²) in [5.74, 6) is 0.341. The van der Waals surface area contributed by atoms with Gasteiger partial charge < -0.3 is 26.2 Å². The highest BCUT2D eigenvalue weighted by atomic mass is 19.1. The van der Waals surface area contributed by atoms with E-state index in [1.807, 2.05) is 22.9 Å². The Kier molecular flexibility index (Phi) is 4.00. The molecule has 8 nitrogen and oxygen atoms in total. The molecule has 2 saturated carbocycles. The molecule has 0 bridgehead atoms. The maximum Gasteiger partial charge on any atom is 0.152 e. The number of halogens is 1. The molecule has 0 unspecified atom stereocenters. The summed E-state index contributed by atoms with van der Waals surface area (Å²) in [5.41, 5.74) is 12.7. The molecule has 6 rings (SSSR count). The Morgan fingerprint density at radius 3 is 2.78 bits per heavy atom. The van der Waals surface area contributed by atoms with E-state index in [1.54, 1.807) is 18.2 Å². The van der Waals surface area contributed by atoms with Crippen LogP contribution in [0.3, 0.4) is 0 Å². The lowest BCUT2D eigenvalue weighted by Gasteiger charge is -2.24. The van der Waals surface area contributed by atoms with Gasteiger partial charge in [0, 0.05) is 17.0 Å². The lowest BCUT2D eigenvalue weighted by atomic mass is 9.91. The zero-order valence-corrected chi connectivity index (χ0v) is 17.2. The van der Waals surface area contributed by atoms with E-state index in [2.05, 4.69) is 15.0 Å². The molecule has 0 amide bonds. The van der Waals surface area contributed by atoms with Crippen LogP contribution in [0, 0.1) is 17.2 Å². The molecule has 0 saturated heterocycles. The van der Waals surface area contributed by atoms with Gasteiger partial charge in [-0.05, 0) is 48.9 Å². The molecule has 3 aromatic heterocycles. The molecule has 164 valence electrons. The fourth-order valence-electron chi connectivity index (χ4n) is 5.71. The Morgan fingerprint density at radius 1 is 1.12 bits per heavy atom. The topological polar surface area (TPSA) is 136 Å². The summed E-state index contributed by atoms with van der Waals surface area (Å²) >= 11 is 0. The van der Waals surface area contributed by atoms with Crippen molar-refractivity contribution in [2.24, 2.45) is 11.3 Å². The Labute approximate surface area is 182 Å². The van der Waals surface area contributed by atoms with Crippen molar-refractivity contribution >= 4 is 33.6 Å². The van der Waals surface area contributed by atoms with E-state index in [1.165, 1.54) is 6.33 Å². The van der Waals surface area contributed by atoms with Crippen LogP contribution in [0.2, 0.25) is 0 Å². The maximum absolute atomic E-state index is 15.1. The second kappa shape index (κ2) is 6.60. The van der Waals surface area contributed by atoms with Crippen LogP contribution in [-0.4, -0.2) is 41.9 Å². The monoisotopic (exact) mass is 434 g/mol. The molecule has 0 aliphatic heterocycles. The summed E-state index contributed by atoms with van der Waals surface area (Å²) in [7, 11) is 0. The molecule has 0 spiro atoms. The van der Waals surface area contributed by atoms with Crippen molar-refractivity contribution in [2.75, 3.05) is 11.5 Å². The summed E-state index contributed by atoms with van der Waals surface area (Å²) in [6.07, 6.45) is 3.16. The van der Waals surface area contributed by atoms with E-state index in [0.29, 0.717) is 35.3 Å². The first-order chi connectivity index (χ1) is 15.4. The zero-order chi connectivity index (χ0) is 22.2. The number of nitrogens with zero attached hydrogens (tertiary/aromatic N) is 4. The number of fused-ring (bicyclic) bond motifs is 3. The summed E-state index contributed by atoms with van der Waals surface area (Å²) < 4.78 is 17.0. The highest BCUT2D eigenvalue weighted by Gasteiger charge is 2.70. The van der Waals surface area contributed by atoms with Crippen molar-refractivity contribution in [2.45, 2.75) is 37.5 Å². The van der Waals surface area contributed by atoms with Crippen molar-refractivity contribution in [1.29, 1.82) is 0 Å². The molecule has 6 N–H and O–H groups in total. The minimum absolute atomic E-state index is 0.0663. The Hall–Kier alpha value is -3.30. The molecule has 0 radical (unpaired) electrons. The van der Waals surface area contributed by atoms with E-state index in [0.717, 1.165) is 11.8 Å². The van der Waals surface area contributed by atoms with Gasteiger partial charge in [0.05, 0.1) is 17.5 Å². The van der Waals surface area contributed by atoms with E-state index in [9.17, 15) is 10.2 Å². The van der Waals surface area contributed by atoms with E-state index < -0.39 is 17.6 Å². The molecule has 32 heavy (non-hydrogen) atoms. The molecule has 5 atom stereocenters. The third kappa shape index (κ3) is 2.58. The predicted octanol–water partition coefficient (Wildman–Crippen LogP) is 2.20. The van der Waals surface area contributed by atoms with E-state index in [4.69, 9.17) is 11.5 Å². The number of rotatable bonds is 4. The van der Waals surface area contributed by atoms with Gasteiger partial charge in [0.15, 0.2) is 5.82 Å². The van der Waals surface area contributed by atoms with Gasteiger partial charge in [0.2, 0.25) is 0 Å². The van der Waals surface area contributed by atoms with Crippen LogP contribution < -0.4 is 11.5 Å². The van der Waals surface area contributed by atoms with Crippen molar-refractivity contribution in [3.05, 3.63) is 54.2 Å². The number of aryl methyl sites for hydroxylation is 1. The standard InChI is InChI=1S/C23H23FN6O2/c24-16-11(1-2-12-3-4-15(25)29-17(12)16)5-7-23-9-14(23)18(19(31)20(23)32)30-8-6-13-21(26)27-10-28-22(13)30/h1-4,6,8,10,14,18-20,31-32H,5,7,9H2,(H2,25,29)(H2,26,27,28)/t14-,18-,19+,20+,23-/m1/s1. The predicted molar refractivity (Wildman–Crippen MR) is 118 cm³/mol. The molecule has 2 aliphatic rings. The van der Waals surface area contributed by atoms with Crippen molar-refractivity contribution in [1.82, 2.24) is 19.5 Å². The summed E-state index contributed by atoms with van der Waals surface area (Å²) in [6, 6.07) is 8.50. The minimum Gasteiger partial charge on any atom is -0.390 e. The molecule has 9 heteroatoms. The minimum atomic E-state index is -0.941. The van der Waals surface area contributed by atoms with Gasteiger partial charge in [-0.1, -0.05) is 12.1 Å². The molecule has 1 aromatic carbocycles. The zero-order valence-electron chi connectivity index (χ0n) is 17.2. The third-order valence-corrected chi connectivity index (χ3v) is 7.48. The molecular weight excluding hydrogens is 411 g/mol. The van der Waals surface area contributed by atoms with Crippen LogP contribution in [0.25, 0.3) is 21.9 Å². The van der Waals surface area contributed by atoms with Crippen molar-refractivity contribution in [3.63, 3.8) is 0 Å². The van der Waals surface area contributed by atoms with Gasteiger partial charge in [-0.15, -0.1) is 0 Å². The van der Waals surface area contributed by atoms with Crippen LogP contribution in [0.15, 0.2) is 42.9 Å². The molecule has 2 fully saturated rings. The lowest BCUT2D eigenvalue weighted by molar-refractivity contribution is -0.0192. The van der Waals surface area contributed by atoms with Gasteiger partial charge >= 0.3 is 0 Å². The second-order valence-corrected chi connectivity index (χ2v) is 9.04. The van der Waals surface area contributed by atoms with Crippen LogP contribution in [0.1, 0.15) is 24.4 Å². The number of anilines is 2. The highest BCUT2D eigenvalue weighted by Crippen LogP contribution is 2.69. The average molecular weight is 434 g/mol. The maximum atomic E-state index is 15.1. The number of pyridine rings is 1. The number of benzene rings is 1. The fraction of sp³-hybridized carbons (Fsp3) is 0.348. The first-order valence-corrected chi connectivity index (χ1v) is 10.7. The van der Waals surface area contributed by atoms with E-state index >= 15 is 4.39 Å². The normalized spacial score (nSPS) is 29.0. The van der Waals surface area contributed by atoms with E-state index in [-0.39, 0.29) is 29.1 Å². The molecule has 3 heterocycles. The van der Waals surface area contributed by atoms with Crippen LogP contribution in [0.4, 0.5) is 16.0 Å². The quantitative estimate of drug-likeness (QED) is 0.386. The number of hydrogen-bond donors (Lipinski definition) is 4. The highest BCUT2D eigenvalue weighted by molar-refractivity contribution is 5.86. The third-order valence-electron chi connectivity index (χ3n) is 7.48. The first-order valence-electron chi connectivity index (χ1n) is 10.7. The summed E-state index contributed by atoms with van der Waals surface area (Å²) in [4.78, 5) is 12.5. The Bertz CT molecular complexity index is 1370. The van der Waals surface area contributed by atoms with Crippen LogP contribution in [-0.2, 0) is 6.42 Å². The number of nitrogens with two attached hydrogens (primary N) is 2. The molecule has 2 aliphatic carbocycles. The molecule has 4 aromatic rings. The van der Waals surface area contributed by atoms with Crippen LogP contribution >= 0.6 is 0 Å². The second-order valence-electron chi connectivity index (χ2n) is 9.04. The van der Waals surface area contributed by atoms with Gasteiger partial charge in [0.25, 0.3) is 0 Å². The average Bonchev–Trinajstić information content (AvgIpc) is 3.27. The van der Waals surface area contributed by atoms with Crippen molar-refractivity contribution in [3.8, 4) is 0 Å². The largest absolute Gasteiger partial charge is 0.390 e. The van der Waals surface area contributed by atoms with Gasteiger partial charge in [-0.3, -0.25) is 0 Å². The fourth-order valence-corrected chi connectivity index (χ4v) is 5.71. The molecular formula is C23H23FN6O2. The first kappa shape index (κ1) is 19.4. The Balaban J connectivity index is 1.29. The van der Waals surface area contributed by atoms with Gasteiger partial charge in [-0.25, -0.2) is 19.3 Å². The number of aliphatic hydroxyl groups is 2. The SMILES string of the molecule is Nc1ccc2ccc(CC[C@@]34C[C@@H]3[C@@H](n3ccc5c(N)ncnc53)[C@H](O)[C@@H]4O)c(F)c2n1. The van der Waals surface area contributed by atoms with Gasteiger partial charge in [0.1, 0.15) is 35.2 Å². The summed E-state index contributed by atoms with van der Waals surface area (Å²) in [5, 5.41) is 23.3. The Morgan fingerprint density at radius 2 is 1.94 bits per heavy atom. The number of aromatic nitrogens is 4. The lowest BCUT2D eigenvalue weighted by Crippen LogP contribution is -2.34. The number of hydrogen-bond acceptors (Lipinski definition) is 7.